The molecule has 2 heterocycles. The lowest BCUT2D eigenvalue weighted by atomic mass is 9.41. The van der Waals surface area contributed by atoms with Crippen LogP contribution in [0.4, 0.5) is 0 Å². The van der Waals surface area contributed by atoms with Gasteiger partial charge in [-0.3, -0.25) is 0 Å². The van der Waals surface area contributed by atoms with E-state index in [2.05, 4.69) is 95.9 Å². The summed E-state index contributed by atoms with van der Waals surface area (Å²) < 4.78 is 0. The zero-order chi connectivity index (χ0) is 27.6. The smallest absolute Gasteiger partial charge is 0.0371 e. The van der Waals surface area contributed by atoms with Gasteiger partial charge in [0.1, 0.15) is 0 Å². The van der Waals surface area contributed by atoms with Crippen LogP contribution in [0.1, 0.15) is 68.9 Å². The van der Waals surface area contributed by atoms with Crippen LogP contribution >= 0.6 is 18.5 Å². The van der Waals surface area contributed by atoms with Gasteiger partial charge in [0, 0.05) is 23.2 Å². The van der Waals surface area contributed by atoms with E-state index in [1.807, 2.05) is 0 Å². The Labute approximate surface area is 252 Å². The van der Waals surface area contributed by atoms with Gasteiger partial charge in [0.15, 0.2) is 0 Å². The Morgan fingerprint density at radius 1 is 0.732 bits per heavy atom. The average Bonchev–Trinajstić information content (AvgIpc) is 3.80. The van der Waals surface area contributed by atoms with Gasteiger partial charge in [-0.1, -0.05) is 66.7 Å². The van der Waals surface area contributed by atoms with Crippen molar-refractivity contribution in [2.24, 2.45) is 35.0 Å². The molecule has 2 N–H and O–H groups in total. The number of hydrogen-bond acceptors (Lipinski definition) is 2. The van der Waals surface area contributed by atoms with Gasteiger partial charge in [-0.2, -0.15) is 0 Å². The van der Waals surface area contributed by atoms with E-state index in [0.29, 0.717) is 23.4 Å². The average molecular weight is 583 g/mol. The second-order valence-corrected chi connectivity index (χ2v) is 15.8. The zero-order valence-electron chi connectivity index (χ0n) is 24.5. The second kappa shape index (κ2) is 10.7. The minimum absolute atomic E-state index is 0.00965. The molecule has 41 heavy (non-hydrogen) atoms. The van der Waals surface area contributed by atoms with E-state index in [1.165, 1.54) is 80.6 Å². The molecule has 0 radical (unpaired) electrons. The van der Waals surface area contributed by atoms with Crippen LogP contribution in [0.3, 0.4) is 0 Å². The minimum atomic E-state index is 0.00965. The Kier molecular flexibility index (Phi) is 7.11. The third-order valence-corrected chi connectivity index (χ3v) is 14.5. The molecule has 0 spiro atoms. The molecule has 4 bridgehead atoms. The summed E-state index contributed by atoms with van der Waals surface area (Å²) in [4.78, 5) is 0. The molecule has 2 saturated heterocycles. The van der Waals surface area contributed by atoms with E-state index in [9.17, 15) is 0 Å². The van der Waals surface area contributed by atoms with Crippen LogP contribution in [0.25, 0.3) is 11.1 Å². The van der Waals surface area contributed by atoms with Crippen molar-refractivity contribution in [3.8, 4) is 0 Å². The normalized spacial score (nSPS) is 39.4. The van der Waals surface area contributed by atoms with Gasteiger partial charge in [0.05, 0.1) is 0 Å². The summed E-state index contributed by atoms with van der Waals surface area (Å²) in [6, 6.07) is 24.0. The lowest BCUT2D eigenvalue weighted by Gasteiger charge is -2.65. The van der Waals surface area contributed by atoms with Crippen LogP contribution in [0.2, 0.25) is 0 Å². The van der Waals surface area contributed by atoms with Gasteiger partial charge < -0.3 is 10.6 Å². The number of allylic oxidation sites excluding steroid dienone is 3. The zero-order valence-corrected chi connectivity index (χ0v) is 26.8. The highest BCUT2D eigenvalue weighted by Crippen LogP contribution is 2.71. The molecule has 4 saturated carbocycles. The van der Waals surface area contributed by atoms with Crippen molar-refractivity contribution in [2.45, 2.75) is 75.0 Å². The summed E-state index contributed by atoms with van der Waals surface area (Å²) in [6.45, 7) is 2.30. The highest BCUT2D eigenvalue weighted by atomic mass is 31.0. The van der Waals surface area contributed by atoms with Crippen LogP contribution in [0.5, 0.6) is 0 Å². The Bertz CT molecular complexity index is 1280. The Morgan fingerprint density at radius 2 is 1.27 bits per heavy atom. The van der Waals surface area contributed by atoms with Gasteiger partial charge in [0.2, 0.25) is 0 Å². The first-order valence-corrected chi connectivity index (χ1v) is 18.0. The van der Waals surface area contributed by atoms with Crippen molar-refractivity contribution in [3.05, 3.63) is 83.4 Å². The molecular weight excluding hydrogens is 534 g/mol. The van der Waals surface area contributed by atoms with Crippen molar-refractivity contribution < 1.29 is 0 Å². The summed E-state index contributed by atoms with van der Waals surface area (Å²) in [5, 5.41) is 8.12. The van der Waals surface area contributed by atoms with Crippen LogP contribution in [0, 0.1) is 35.0 Å². The van der Waals surface area contributed by atoms with Gasteiger partial charge in [-0.05, 0) is 134 Å². The molecule has 5 atom stereocenters. The quantitative estimate of drug-likeness (QED) is 0.329. The summed E-state index contributed by atoms with van der Waals surface area (Å²) >= 11 is 0. The number of benzene rings is 2. The monoisotopic (exact) mass is 582 g/mol. The van der Waals surface area contributed by atoms with E-state index in [-0.39, 0.29) is 5.16 Å². The van der Waals surface area contributed by atoms with E-state index in [0.717, 1.165) is 36.8 Å². The molecule has 2 aromatic rings. The van der Waals surface area contributed by atoms with Crippen molar-refractivity contribution in [1.82, 2.24) is 10.6 Å². The topological polar surface area (TPSA) is 24.1 Å². The standard InChI is InChI=1S/C37H48N2P2/c40-23-36(28-18-24-17-25(20-28)21-29(36)19-24)35-31(37(41,32-13-7-15-38-32)33-14-8-16-39-33)22-30(26-9-3-1-4-10-26)34(35)27-11-5-2-6-12-27/h1-6,9-12,22,24-25,28-29,32-33,35,38-39H,7-8,13-21,23,40-41H2. The molecule has 0 aromatic heterocycles. The first kappa shape index (κ1) is 27.3. The fourth-order valence-electron chi connectivity index (χ4n) is 11.2. The molecule has 7 aliphatic rings. The summed E-state index contributed by atoms with van der Waals surface area (Å²) in [5.74, 6) is 4.07. The van der Waals surface area contributed by atoms with Gasteiger partial charge in [-0.25, -0.2) is 0 Å². The molecular formula is C37H48N2P2. The largest absolute Gasteiger partial charge is 0.313 e. The first-order chi connectivity index (χ1) is 20.1. The maximum absolute atomic E-state index is 4.05. The molecule has 5 aliphatic carbocycles. The van der Waals surface area contributed by atoms with Crippen molar-refractivity contribution in [2.75, 3.05) is 19.3 Å². The molecule has 4 heteroatoms. The summed E-state index contributed by atoms with van der Waals surface area (Å²) in [7, 11) is 6.93. The van der Waals surface area contributed by atoms with E-state index in [1.54, 1.807) is 11.1 Å². The van der Waals surface area contributed by atoms with E-state index >= 15 is 0 Å². The molecule has 5 unspecified atom stereocenters. The molecule has 216 valence electrons. The Hall–Kier alpha value is -1.30. The van der Waals surface area contributed by atoms with Gasteiger partial charge >= 0.3 is 0 Å². The molecule has 6 fully saturated rings. The SMILES string of the molecule is PCC1(C2C(C(P)(C3CCCN3)C3CCCN3)=CC(c3ccccc3)=C2c2ccccc2)C2CC3CC(C2)CC1C3. The van der Waals surface area contributed by atoms with Crippen LogP contribution in [-0.2, 0) is 0 Å². The van der Waals surface area contributed by atoms with E-state index in [4.69, 9.17) is 0 Å². The van der Waals surface area contributed by atoms with Gasteiger partial charge in [-0.15, -0.1) is 18.5 Å². The molecule has 9 rings (SSSR count). The van der Waals surface area contributed by atoms with Gasteiger partial charge in [0.25, 0.3) is 0 Å². The molecule has 2 aliphatic heterocycles. The van der Waals surface area contributed by atoms with E-state index < -0.39 is 0 Å². The fourth-order valence-corrected chi connectivity index (χ4v) is 12.9. The van der Waals surface area contributed by atoms with Crippen LogP contribution in [-0.4, -0.2) is 36.5 Å². The van der Waals surface area contributed by atoms with Crippen molar-refractivity contribution >= 4 is 29.6 Å². The maximum atomic E-state index is 4.05. The number of nitrogens with one attached hydrogen (secondary N) is 2. The molecule has 2 nitrogen and oxygen atoms in total. The predicted molar refractivity (Wildman–Crippen MR) is 180 cm³/mol. The fraction of sp³-hybridized carbons (Fsp3) is 0.568. The lowest BCUT2D eigenvalue weighted by Crippen LogP contribution is -2.62. The first-order valence-electron chi connectivity index (χ1n) is 16.7. The number of hydrogen-bond donors (Lipinski definition) is 2. The molecule has 0 amide bonds. The lowest BCUT2D eigenvalue weighted by molar-refractivity contribution is -0.110. The maximum Gasteiger partial charge on any atom is 0.0371 e. The van der Waals surface area contributed by atoms with Crippen molar-refractivity contribution in [1.29, 1.82) is 0 Å². The minimum Gasteiger partial charge on any atom is -0.313 e. The third-order valence-electron chi connectivity index (χ3n) is 12.7. The molecule has 2 aromatic carbocycles. The summed E-state index contributed by atoms with van der Waals surface area (Å²) in [6.07, 6.45) is 16.4. The highest BCUT2D eigenvalue weighted by Gasteiger charge is 2.64. The third kappa shape index (κ3) is 4.18. The summed E-state index contributed by atoms with van der Waals surface area (Å²) in [5.41, 5.74) is 8.00. The highest BCUT2D eigenvalue weighted by molar-refractivity contribution is 7.19. The Morgan fingerprint density at radius 3 is 1.76 bits per heavy atom. The Balaban J connectivity index is 1.39. The number of rotatable bonds is 7. The van der Waals surface area contributed by atoms with Crippen molar-refractivity contribution in [3.63, 3.8) is 0 Å². The predicted octanol–water partition coefficient (Wildman–Crippen LogP) is 7.59. The van der Waals surface area contributed by atoms with Crippen LogP contribution in [0.15, 0.2) is 72.3 Å². The second-order valence-electron chi connectivity index (χ2n) is 14.4. The van der Waals surface area contributed by atoms with Crippen LogP contribution < -0.4 is 10.6 Å².